The lowest BCUT2D eigenvalue weighted by atomic mass is 10.1. The highest BCUT2D eigenvalue weighted by molar-refractivity contribution is 6.18. The summed E-state index contributed by atoms with van der Waals surface area (Å²) in [6.07, 6.45) is 1.41. The van der Waals surface area contributed by atoms with E-state index in [-0.39, 0.29) is 17.2 Å². The van der Waals surface area contributed by atoms with E-state index >= 15 is 0 Å². The van der Waals surface area contributed by atoms with Gasteiger partial charge in [-0.25, -0.2) is 0 Å². The van der Waals surface area contributed by atoms with Crippen LogP contribution in [-0.2, 0) is 11.3 Å². The monoisotopic (exact) mass is 308 g/mol. The molecule has 2 aromatic carbocycles. The first-order valence-electron chi connectivity index (χ1n) is 7.38. The molecule has 0 heterocycles. The van der Waals surface area contributed by atoms with E-state index in [1.807, 2.05) is 61.5 Å². The Morgan fingerprint density at radius 2 is 1.78 bits per heavy atom. The van der Waals surface area contributed by atoms with E-state index in [0.717, 1.165) is 11.1 Å². The average Bonchev–Trinajstić information content (AvgIpc) is 2.54. The van der Waals surface area contributed by atoms with Gasteiger partial charge in [0.1, 0.15) is 5.76 Å². The topological polar surface area (TPSA) is 61.7 Å². The number of amides is 1. The number of para-hydroxylation sites is 1. The maximum Gasteiger partial charge on any atom is 0.260 e. The Morgan fingerprint density at radius 1 is 1.13 bits per heavy atom. The summed E-state index contributed by atoms with van der Waals surface area (Å²) in [6, 6.07) is 17.2. The fourth-order valence-corrected chi connectivity index (χ4v) is 2.04. The molecule has 2 N–H and O–H groups in total. The molecule has 2 aromatic rings. The first-order chi connectivity index (χ1) is 11.1. The Kier molecular flexibility index (Phi) is 5.69. The largest absolute Gasteiger partial charge is 0.512 e. The molecule has 0 bridgehead atoms. The molecule has 0 fully saturated rings. The molecule has 0 radical (unpaired) electrons. The number of allylic oxidation sites excluding steroid dienone is 1. The van der Waals surface area contributed by atoms with Crippen LogP contribution in [0.2, 0.25) is 0 Å². The van der Waals surface area contributed by atoms with Gasteiger partial charge in [-0.15, -0.1) is 0 Å². The Hall–Kier alpha value is -2.88. The number of nitrogens with one attached hydrogen (secondary N) is 1. The third-order valence-corrected chi connectivity index (χ3v) is 3.36. The highest BCUT2D eigenvalue weighted by Gasteiger charge is 2.12. The van der Waals surface area contributed by atoms with Gasteiger partial charge in [0.2, 0.25) is 0 Å². The van der Waals surface area contributed by atoms with E-state index in [0.29, 0.717) is 12.2 Å². The molecular formula is C19H20N2O2. The average molecular weight is 308 g/mol. The predicted octanol–water partition coefficient (Wildman–Crippen LogP) is 4.04. The van der Waals surface area contributed by atoms with E-state index in [9.17, 15) is 9.90 Å². The summed E-state index contributed by atoms with van der Waals surface area (Å²) in [5.41, 5.74) is 2.87. The lowest BCUT2D eigenvalue weighted by molar-refractivity contribution is -0.112. The molecule has 0 aromatic heterocycles. The number of aliphatic hydroxyl groups excluding tert-OH is 1. The van der Waals surface area contributed by atoms with Crippen molar-refractivity contribution in [3.05, 3.63) is 77.1 Å². The molecular weight excluding hydrogens is 288 g/mol. The summed E-state index contributed by atoms with van der Waals surface area (Å²) >= 11 is 0. The summed E-state index contributed by atoms with van der Waals surface area (Å²) < 4.78 is 0. The van der Waals surface area contributed by atoms with Gasteiger partial charge >= 0.3 is 0 Å². The van der Waals surface area contributed by atoms with Crippen molar-refractivity contribution in [2.75, 3.05) is 5.32 Å². The smallest absolute Gasteiger partial charge is 0.260 e. The zero-order valence-electron chi connectivity index (χ0n) is 13.3. The number of rotatable bonds is 5. The van der Waals surface area contributed by atoms with Gasteiger partial charge in [-0.2, -0.15) is 0 Å². The Balaban J connectivity index is 2.08. The number of hydrogen-bond donors (Lipinski definition) is 2. The standard InChI is InChI=1S/C19H20N2O2/c1-14-8-6-7-11-18(14)21-19(23)17(15(2)22)13-20-12-16-9-4-3-5-10-16/h3-11,13,22H,12H2,1-2H3,(H,21,23). The lowest BCUT2D eigenvalue weighted by Gasteiger charge is -2.09. The van der Waals surface area contributed by atoms with Gasteiger partial charge in [0.05, 0.1) is 12.1 Å². The zero-order valence-corrected chi connectivity index (χ0v) is 13.3. The minimum atomic E-state index is -0.379. The molecule has 4 nitrogen and oxygen atoms in total. The molecule has 23 heavy (non-hydrogen) atoms. The van der Waals surface area contributed by atoms with E-state index in [4.69, 9.17) is 0 Å². The second-order valence-electron chi connectivity index (χ2n) is 5.22. The van der Waals surface area contributed by atoms with Gasteiger partial charge in [-0.05, 0) is 31.0 Å². The van der Waals surface area contributed by atoms with Crippen LogP contribution in [0.5, 0.6) is 0 Å². The van der Waals surface area contributed by atoms with Gasteiger partial charge in [0.25, 0.3) is 5.91 Å². The zero-order chi connectivity index (χ0) is 16.7. The van der Waals surface area contributed by atoms with Crippen LogP contribution in [0.15, 0.2) is 70.9 Å². The minimum absolute atomic E-state index is 0.0621. The molecule has 0 aliphatic heterocycles. The number of aryl methyl sites for hydroxylation is 1. The van der Waals surface area contributed by atoms with E-state index in [1.54, 1.807) is 0 Å². The van der Waals surface area contributed by atoms with E-state index in [1.165, 1.54) is 13.1 Å². The highest BCUT2D eigenvalue weighted by atomic mass is 16.3. The van der Waals surface area contributed by atoms with Crippen molar-refractivity contribution in [1.82, 2.24) is 0 Å². The van der Waals surface area contributed by atoms with Crippen molar-refractivity contribution in [3.8, 4) is 0 Å². The number of anilines is 1. The number of aliphatic hydroxyl groups is 1. The van der Waals surface area contributed by atoms with E-state index < -0.39 is 0 Å². The molecule has 2 rings (SSSR count). The van der Waals surface area contributed by atoms with E-state index in [2.05, 4.69) is 10.3 Å². The molecule has 0 aliphatic carbocycles. The quantitative estimate of drug-likeness (QED) is 0.497. The van der Waals surface area contributed by atoms with Crippen LogP contribution in [0.25, 0.3) is 0 Å². The first kappa shape index (κ1) is 16.5. The summed E-state index contributed by atoms with van der Waals surface area (Å²) in [7, 11) is 0. The number of hydrogen-bond acceptors (Lipinski definition) is 3. The summed E-state index contributed by atoms with van der Waals surface area (Å²) in [5, 5.41) is 12.5. The Bertz CT molecular complexity index is 730. The van der Waals surface area contributed by atoms with Crippen molar-refractivity contribution >= 4 is 17.8 Å². The minimum Gasteiger partial charge on any atom is -0.512 e. The van der Waals surface area contributed by atoms with Crippen LogP contribution in [0.3, 0.4) is 0 Å². The molecule has 4 heteroatoms. The molecule has 0 atom stereocenters. The lowest BCUT2D eigenvalue weighted by Crippen LogP contribution is -2.17. The van der Waals surface area contributed by atoms with Crippen LogP contribution >= 0.6 is 0 Å². The van der Waals surface area contributed by atoms with Crippen molar-refractivity contribution < 1.29 is 9.90 Å². The summed E-state index contributed by atoms with van der Waals surface area (Å²) in [4.78, 5) is 16.6. The maximum absolute atomic E-state index is 12.3. The van der Waals surface area contributed by atoms with Gasteiger partial charge < -0.3 is 10.4 Å². The second kappa shape index (κ2) is 7.94. The maximum atomic E-state index is 12.3. The molecule has 0 spiro atoms. The molecule has 0 unspecified atom stereocenters. The third kappa shape index (κ3) is 4.81. The van der Waals surface area contributed by atoms with Crippen LogP contribution in [0, 0.1) is 6.92 Å². The summed E-state index contributed by atoms with van der Waals surface area (Å²) in [5.74, 6) is -0.441. The van der Waals surface area contributed by atoms with Gasteiger partial charge in [-0.1, -0.05) is 48.5 Å². The first-order valence-corrected chi connectivity index (χ1v) is 7.38. The normalized spacial score (nSPS) is 12.1. The molecule has 1 amide bonds. The van der Waals surface area contributed by atoms with Crippen molar-refractivity contribution in [2.24, 2.45) is 4.99 Å². The van der Waals surface area contributed by atoms with Crippen LogP contribution in [0.4, 0.5) is 5.69 Å². The third-order valence-electron chi connectivity index (χ3n) is 3.36. The molecule has 0 saturated carbocycles. The number of nitrogens with zero attached hydrogens (tertiary/aromatic N) is 1. The van der Waals surface area contributed by atoms with Crippen LogP contribution < -0.4 is 5.32 Å². The second-order valence-corrected chi connectivity index (χ2v) is 5.22. The molecule has 0 saturated heterocycles. The highest BCUT2D eigenvalue weighted by Crippen LogP contribution is 2.14. The number of benzene rings is 2. The fourth-order valence-electron chi connectivity index (χ4n) is 2.04. The van der Waals surface area contributed by atoms with Crippen molar-refractivity contribution in [1.29, 1.82) is 0 Å². The molecule has 118 valence electrons. The number of carbonyl (C=O) groups is 1. The molecule has 0 aliphatic rings. The van der Waals surface area contributed by atoms with Crippen molar-refractivity contribution in [3.63, 3.8) is 0 Å². The Labute approximate surface area is 136 Å². The Morgan fingerprint density at radius 3 is 2.43 bits per heavy atom. The van der Waals surface area contributed by atoms with Gasteiger partial charge in [0.15, 0.2) is 0 Å². The number of carbonyl (C=O) groups excluding carboxylic acids is 1. The predicted molar refractivity (Wildman–Crippen MR) is 93.8 cm³/mol. The number of aliphatic imine (C=N–C) groups is 1. The van der Waals surface area contributed by atoms with Crippen molar-refractivity contribution in [2.45, 2.75) is 20.4 Å². The van der Waals surface area contributed by atoms with Crippen LogP contribution in [0.1, 0.15) is 18.1 Å². The summed E-state index contributed by atoms with van der Waals surface area (Å²) in [6.45, 7) is 3.84. The fraction of sp³-hybridized carbons (Fsp3) is 0.158. The SMILES string of the molecule is CC(O)=C(C=NCc1ccccc1)C(=O)Nc1ccccc1C. The van der Waals surface area contributed by atoms with Gasteiger partial charge in [0, 0.05) is 11.9 Å². The van der Waals surface area contributed by atoms with Gasteiger partial charge in [-0.3, -0.25) is 9.79 Å². The van der Waals surface area contributed by atoms with Crippen LogP contribution in [-0.4, -0.2) is 17.2 Å².